The molecule has 0 unspecified atom stereocenters. The van der Waals surface area contributed by atoms with Crippen LogP contribution in [0.3, 0.4) is 0 Å². The summed E-state index contributed by atoms with van der Waals surface area (Å²) in [6.45, 7) is 6.11. The van der Waals surface area contributed by atoms with Crippen molar-refractivity contribution in [2.75, 3.05) is 13.1 Å². The summed E-state index contributed by atoms with van der Waals surface area (Å²) < 4.78 is 1.15. The Balaban J connectivity index is 2.42. The molecule has 0 spiro atoms. The molecule has 2 N–H and O–H groups in total. The van der Waals surface area contributed by atoms with Gasteiger partial charge in [-0.25, -0.2) is 0 Å². The Morgan fingerprint density at radius 1 is 1.31 bits per heavy atom. The van der Waals surface area contributed by atoms with Crippen molar-refractivity contribution < 1.29 is 5.11 Å². The highest BCUT2D eigenvalue weighted by Crippen LogP contribution is 2.39. The first-order valence-electron chi connectivity index (χ1n) is 5.80. The molecule has 1 aromatic carbocycles. The highest BCUT2D eigenvalue weighted by molar-refractivity contribution is 9.10. The molecule has 1 fully saturated rings. The average Bonchev–Trinajstić information content (AvgIpc) is 2.28. The molecule has 0 aliphatic carbocycles. The molecule has 0 bridgehead atoms. The molecular weight excluding hydrogens is 266 g/mol. The molecule has 0 saturated carbocycles. The number of rotatable bonds is 1. The third-order valence-electron chi connectivity index (χ3n) is 3.48. The van der Waals surface area contributed by atoms with Gasteiger partial charge < -0.3 is 10.4 Å². The summed E-state index contributed by atoms with van der Waals surface area (Å²) >= 11 is 3.64. The molecule has 16 heavy (non-hydrogen) atoms. The van der Waals surface area contributed by atoms with E-state index >= 15 is 0 Å². The number of benzene rings is 1. The Morgan fingerprint density at radius 3 is 2.56 bits per heavy atom. The second-order valence-corrected chi connectivity index (χ2v) is 5.44. The lowest BCUT2D eigenvalue weighted by atomic mass is 9.86. The minimum Gasteiger partial charge on any atom is -0.507 e. The first-order chi connectivity index (χ1) is 7.61. The van der Waals surface area contributed by atoms with E-state index in [4.69, 9.17) is 0 Å². The number of phenolic OH excluding ortho intramolecular Hbond substituents is 1. The maximum absolute atomic E-state index is 10.0. The zero-order chi connectivity index (χ0) is 11.7. The fourth-order valence-corrected chi connectivity index (χ4v) is 3.51. The lowest BCUT2D eigenvalue weighted by Gasteiger charge is -2.26. The molecule has 3 heteroatoms. The molecule has 0 aromatic heterocycles. The van der Waals surface area contributed by atoms with Crippen LogP contribution in [0.4, 0.5) is 0 Å². The number of phenols is 1. The predicted octanol–water partition coefficient (Wildman–Crippen LogP) is 3.24. The molecule has 0 atom stereocenters. The van der Waals surface area contributed by atoms with Crippen LogP contribution in [-0.2, 0) is 0 Å². The van der Waals surface area contributed by atoms with Crippen LogP contribution in [0.1, 0.15) is 35.4 Å². The predicted molar refractivity (Wildman–Crippen MR) is 70.1 cm³/mol. The van der Waals surface area contributed by atoms with Crippen molar-refractivity contribution in [1.82, 2.24) is 5.32 Å². The monoisotopic (exact) mass is 283 g/mol. The third-order valence-corrected chi connectivity index (χ3v) is 4.14. The standard InChI is InChI=1S/C13H18BrNO/c1-8-7-11(14)12(9(2)13(8)16)10-3-5-15-6-4-10/h7,10,15-16H,3-6H2,1-2H3. The fourth-order valence-electron chi connectivity index (χ4n) is 2.55. The second kappa shape index (κ2) is 4.76. The highest BCUT2D eigenvalue weighted by atomic mass is 79.9. The van der Waals surface area contributed by atoms with Crippen molar-refractivity contribution in [3.8, 4) is 5.75 Å². The van der Waals surface area contributed by atoms with Gasteiger partial charge >= 0.3 is 0 Å². The van der Waals surface area contributed by atoms with E-state index in [1.807, 2.05) is 19.9 Å². The summed E-state index contributed by atoms with van der Waals surface area (Å²) in [6, 6.07) is 2.03. The molecule has 0 amide bonds. The largest absolute Gasteiger partial charge is 0.507 e. The first-order valence-corrected chi connectivity index (χ1v) is 6.60. The molecular formula is C13H18BrNO. The quantitative estimate of drug-likeness (QED) is 0.829. The Bertz CT molecular complexity index is 397. The van der Waals surface area contributed by atoms with Crippen LogP contribution >= 0.6 is 15.9 Å². The third kappa shape index (κ3) is 2.11. The summed E-state index contributed by atoms with van der Waals surface area (Å²) in [5.74, 6) is 1.03. The van der Waals surface area contributed by atoms with Gasteiger partial charge in [0.25, 0.3) is 0 Å². The Kier molecular flexibility index (Phi) is 3.55. The molecule has 2 rings (SSSR count). The summed E-state index contributed by atoms with van der Waals surface area (Å²) in [7, 11) is 0. The van der Waals surface area contributed by atoms with Crippen LogP contribution in [0.5, 0.6) is 5.75 Å². The van der Waals surface area contributed by atoms with Crippen LogP contribution in [-0.4, -0.2) is 18.2 Å². The molecule has 88 valence electrons. The van der Waals surface area contributed by atoms with E-state index in [9.17, 15) is 5.11 Å². The van der Waals surface area contributed by atoms with Gasteiger partial charge in [-0.15, -0.1) is 0 Å². The summed E-state index contributed by atoms with van der Waals surface area (Å²) in [5.41, 5.74) is 3.28. The van der Waals surface area contributed by atoms with E-state index in [2.05, 4.69) is 21.2 Å². The van der Waals surface area contributed by atoms with Crippen LogP contribution in [0.2, 0.25) is 0 Å². The lowest BCUT2D eigenvalue weighted by molar-refractivity contribution is 0.444. The zero-order valence-corrected chi connectivity index (χ0v) is 11.4. The van der Waals surface area contributed by atoms with Gasteiger partial charge in [-0.3, -0.25) is 0 Å². The first kappa shape index (κ1) is 11.9. The van der Waals surface area contributed by atoms with E-state index in [0.717, 1.165) is 41.5 Å². The normalized spacial score (nSPS) is 17.7. The van der Waals surface area contributed by atoms with Gasteiger partial charge in [0.1, 0.15) is 5.75 Å². The van der Waals surface area contributed by atoms with Gasteiger partial charge in [0, 0.05) is 4.47 Å². The van der Waals surface area contributed by atoms with E-state index in [1.54, 1.807) is 0 Å². The summed E-state index contributed by atoms with van der Waals surface area (Å²) in [4.78, 5) is 0. The van der Waals surface area contributed by atoms with Crippen LogP contribution in [0.15, 0.2) is 10.5 Å². The fraction of sp³-hybridized carbons (Fsp3) is 0.538. The molecule has 1 heterocycles. The van der Waals surface area contributed by atoms with Gasteiger partial charge in [0.2, 0.25) is 0 Å². The average molecular weight is 284 g/mol. The van der Waals surface area contributed by atoms with Gasteiger partial charge in [0.05, 0.1) is 0 Å². The van der Waals surface area contributed by atoms with Crippen molar-refractivity contribution in [3.63, 3.8) is 0 Å². The number of aromatic hydroxyl groups is 1. The van der Waals surface area contributed by atoms with Crippen molar-refractivity contribution in [1.29, 1.82) is 0 Å². The molecule has 1 saturated heterocycles. The topological polar surface area (TPSA) is 32.3 Å². The van der Waals surface area contributed by atoms with E-state index in [-0.39, 0.29) is 0 Å². The van der Waals surface area contributed by atoms with Gasteiger partial charge in [-0.05, 0) is 68.5 Å². The maximum atomic E-state index is 10.0. The van der Waals surface area contributed by atoms with Crippen LogP contribution in [0, 0.1) is 13.8 Å². The maximum Gasteiger partial charge on any atom is 0.121 e. The number of aryl methyl sites for hydroxylation is 1. The van der Waals surface area contributed by atoms with E-state index in [1.165, 1.54) is 5.56 Å². The van der Waals surface area contributed by atoms with Crippen LogP contribution in [0.25, 0.3) is 0 Å². The molecule has 2 nitrogen and oxygen atoms in total. The minimum absolute atomic E-state index is 0.455. The molecule has 1 aliphatic rings. The van der Waals surface area contributed by atoms with Crippen molar-refractivity contribution in [2.24, 2.45) is 0 Å². The second-order valence-electron chi connectivity index (χ2n) is 4.59. The van der Waals surface area contributed by atoms with E-state index in [0.29, 0.717) is 11.7 Å². The van der Waals surface area contributed by atoms with Gasteiger partial charge in [-0.1, -0.05) is 15.9 Å². The van der Waals surface area contributed by atoms with Gasteiger partial charge in [0.15, 0.2) is 0 Å². The summed E-state index contributed by atoms with van der Waals surface area (Å²) in [6.07, 6.45) is 2.31. The zero-order valence-electron chi connectivity index (χ0n) is 9.81. The van der Waals surface area contributed by atoms with Crippen molar-refractivity contribution in [2.45, 2.75) is 32.6 Å². The number of hydrogen-bond donors (Lipinski definition) is 2. The minimum atomic E-state index is 0.455. The SMILES string of the molecule is Cc1cc(Br)c(C2CCNCC2)c(C)c1O. The molecule has 1 aliphatic heterocycles. The van der Waals surface area contributed by atoms with Gasteiger partial charge in [-0.2, -0.15) is 0 Å². The van der Waals surface area contributed by atoms with Crippen LogP contribution < -0.4 is 5.32 Å². The Hall–Kier alpha value is -0.540. The van der Waals surface area contributed by atoms with Crippen molar-refractivity contribution in [3.05, 3.63) is 27.2 Å². The Labute approximate surface area is 105 Å². The summed E-state index contributed by atoms with van der Waals surface area (Å²) in [5, 5.41) is 13.4. The Morgan fingerprint density at radius 2 is 1.94 bits per heavy atom. The number of piperidine rings is 1. The molecule has 1 aromatic rings. The molecule has 0 radical (unpaired) electrons. The van der Waals surface area contributed by atoms with Crippen molar-refractivity contribution >= 4 is 15.9 Å². The van der Waals surface area contributed by atoms with E-state index < -0.39 is 0 Å². The smallest absolute Gasteiger partial charge is 0.121 e. The highest BCUT2D eigenvalue weighted by Gasteiger charge is 2.21. The lowest BCUT2D eigenvalue weighted by Crippen LogP contribution is -2.27. The number of halogens is 1. The number of nitrogens with one attached hydrogen (secondary N) is 1. The number of hydrogen-bond acceptors (Lipinski definition) is 2.